The number of rotatable bonds is 12. The van der Waals surface area contributed by atoms with Crippen molar-refractivity contribution in [1.29, 1.82) is 0 Å². The van der Waals surface area contributed by atoms with Crippen LogP contribution in [0.25, 0.3) is 0 Å². The Morgan fingerprint density at radius 3 is 1.66 bits per heavy atom. The normalized spacial score (nSPS) is 26.5. The lowest BCUT2D eigenvalue weighted by Crippen LogP contribution is -2.36. The van der Waals surface area contributed by atoms with E-state index in [-0.39, 0.29) is 25.2 Å². The summed E-state index contributed by atoms with van der Waals surface area (Å²) in [7, 11) is 0. The molecule has 0 spiro atoms. The highest BCUT2D eigenvalue weighted by Crippen LogP contribution is 2.32. The van der Waals surface area contributed by atoms with Crippen molar-refractivity contribution < 1.29 is 23.8 Å². The Hall–Kier alpha value is -1.88. The van der Waals surface area contributed by atoms with Gasteiger partial charge < -0.3 is 14.2 Å². The molecule has 3 rings (SSSR count). The molecule has 0 unspecified atom stereocenters. The van der Waals surface area contributed by atoms with Crippen molar-refractivity contribution in [2.75, 3.05) is 19.8 Å². The maximum absolute atomic E-state index is 12.6. The zero-order chi connectivity index (χ0) is 25.1. The summed E-state index contributed by atoms with van der Waals surface area (Å²) < 4.78 is 17.4. The minimum Gasteiger partial charge on any atom is -0.465 e. The van der Waals surface area contributed by atoms with Gasteiger partial charge in [-0.15, -0.1) is 0 Å². The van der Waals surface area contributed by atoms with E-state index in [9.17, 15) is 9.59 Å². The monoisotopic (exact) mass is 486 g/mol. The average Bonchev–Trinajstić information content (AvgIpc) is 2.85. The van der Waals surface area contributed by atoms with Crippen LogP contribution >= 0.6 is 0 Å². The van der Waals surface area contributed by atoms with Gasteiger partial charge in [-0.05, 0) is 54.9 Å². The lowest BCUT2D eigenvalue weighted by Gasteiger charge is -2.30. The molecule has 5 nitrogen and oxygen atoms in total. The standard InChI is InChI=1S/C30H46O5/c1-23-9-13-25(14-10-23)17-28(31)34-21-30(3,20-33-19-27-7-5-4-6-8-27)22-35-29(32)18-26-15-11-24(2)12-16-26/h4-8,23-26H,9-22H2,1-3H3. The molecule has 2 fully saturated rings. The van der Waals surface area contributed by atoms with Crippen molar-refractivity contribution in [1.82, 2.24) is 0 Å². The fourth-order valence-corrected chi connectivity index (χ4v) is 5.28. The quantitative estimate of drug-likeness (QED) is 0.307. The van der Waals surface area contributed by atoms with Crippen LogP contribution in [-0.4, -0.2) is 31.8 Å². The average molecular weight is 487 g/mol. The predicted octanol–water partition coefficient (Wildman–Crippen LogP) is 6.73. The van der Waals surface area contributed by atoms with Gasteiger partial charge in [0.1, 0.15) is 13.2 Å². The van der Waals surface area contributed by atoms with Crippen molar-refractivity contribution in [3.8, 4) is 0 Å². The first kappa shape index (κ1) is 27.7. The van der Waals surface area contributed by atoms with E-state index in [0.29, 0.717) is 37.9 Å². The fraction of sp³-hybridized carbons (Fsp3) is 0.733. The minimum absolute atomic E-state index is 0.151. The van der Waals surface area contributed by atoms with Gasteiger partial charge in [0.05, 0.1) is 18.6 Å². The summed E-state index contributed by atoms with van der Waals surface area (Å²) in [6, 6.07) is 9.99. The zero-order valence-electron chi connectivity index (χ0n) is 22.1. The van der Waals surface area contributed by atoms with E-state index in [4.69, 9.17) is 14.2 Å². The second-order valence-electron chi connectivity index (χ2n) is 11.8. The van der Waals surface area contributed by atoms with Crippen molar-refractivity contribution in [3.05, 3.63) is 35.9 Å². The highest BCUT2D eigenvalue weighted by molar-refractivity contribution is 5.70. The van der Waals surface area contributed by atoms with Crippen molar-refractivity contribution in [2.45, 2.75) is 91.6 Å². The number of esters is 2. The third kappa shape index (κ3) is 10.3. The topological polar surface area (TPSA) is 61.8 Å². The van der Waals surface area contributed by atoms with Gasteiger partial charge in [-0.2, -0.15) is 0 Å². The van der Waals surface area contributed by atoms with E-state index in [1.165, 1.54) is 25.7 Å². The molecular weight excluding hydrogens is 440 g/mol. The molecule has 35 heavy (non-hydrogen) atoms. The number of carbonyl (C=O) groups excluding carboxylic acids is 2. The van der Waals surface area contributed by atoms with Crippen molar-refractivity contribution in [3.63, 3.8) is 0 Å². The van der Waals surface area contributed by atoms with E-state index in [0.717, 1.165) is 43.1 Å². The summed E-state index contributed by atoms with van der Waals surface area (Å²) >= 11 is 0. The molecule has 2 saturated carbocycles. The first-order valence-corrected chi connectivity index (χ1v) is 13.7. The number of ether oxygens (including phenoxy) is 3. The van der Waals surface area contributed by atoms with Gasteiger partial charge in [-0.3, -0.25) is 9.59 Å². The van der Waals surface area contributed by atoms with Crippen LogP contribution in [0.2, 0.25) is 0 Å². The lowest BCUT2D eigenvalue weighted by atomic mass is 9.81. The van der Waals surface area contributed by atoms with E-state index < -0.39 is 5.41 Å². The van der Waals surface area contributed by atoms with Crippen LogP contribution in [0.15, 0.2) is 30.3 Å². The molecule has 1 aromatic carbocycles. The van der Waals surface area contributed by atoms with E-state index >= 15 is 0 Å². The summed E-state index contributed by atoms with van der Waals surface area (Å²) in [6.45, 7) is 7.75. The van der Waals surface area contributed by atoms with Crippen molar-refractivity contribution >= 4 is 11.9 Å². The van der Waals surface area contributed by atoms with Gasteiger partial charge in [0.25, 0.3) is 0 Å². The summed E-state index contributed by atoms with van der Waals surface area (Å²) in [5, 5.41) is 0. The Kier molecular flexibility index (Phi) is 11.1. The lowest BCUT2D eigenvalue weighted by molar-refractivity contribution is -0.158. The Morgan fingerprint density at radius 1 is 0.743 bits per heavy atom. The molecule has 0 saturated heterocycles. The molecule has 2 aliphatic carbocycles. The van der Waals surface area contributed by atoms with Crippen LogP contribution in [0, 0.1) is 29.1 Å². The van der Waals surface area contributed by atoms with Crippen LogP contribution in [0.4, 0.5) is 0 Å². The second-order valence-corrected chi connectivity index (χ2v) is 11.8. The molecule has 196 valence electrons. The smallest absolute Gasteiger partial charge is 0.306 e. The molecule has 0 bridgehead atoms. The zero-order valence-corrected chi connectivity index (χ0v) is 22.1. The maximum atomic E-state index is 12.6. The first-order chi connectivity index (χ1) is 16.8. The fourth-order valence-electron chi connectivity index (χ4n) is 5.28. The first-order valence-electron chi connectivity index (χ1n) is 13.7. The van der Waals surface area contributed by atoms with Crippen LogP contribution < -0.4 is 0 Å². The molecule has 2 aliphatic rings. The minimum atomic E-state index is -0.581. The molecule has 0 atom stereocenters. The predicted molar refractivity (Wildman–Crippen MR) is 138 cm³/mol. The largest absolute Gasteiger partial charge is 0.465 e. The third-order valence-electron chi connectivity index (χ3n) is 7.91. The van der Waals surface area contributed by atoms with Gasteiger partial charge in [0, 0.05) is 12.8 Å². The summed E-state index contributed by atoms with van der Waals surface area (Å²) in [5.41, 5.74) is 0.504. The van der Waals surface area contributed by atoms with Gasteiger partial charge in [-0.1, -0.05) is 76.8 Å². The molecule has 5 heteroatoms. The SMILES string of the molecule is CC1CCC(CC(=O)OCC(C)(COCc2ccccc2)COC(=O)CC2CCC(C)CC2)CC1. The molecule has 0 N–H and O–H groups in total. The second kappa shape index (κ2) is 14.0. The molecule has 0 aliphatic heterocycles. The van der Waals surface area contributed by atoms with Crippen LogP contribution in [0.1, 0.15) is 90.5 Å². The van der Waals surface area contributed by atoms with Crippen molar-refractivity contribution in [2.24, 2.45) is 29.1 Å². The molecule has 0 aromatic heterocycles. The Bertz CT molecular complexity index is 720. The van der Waals surface area contributed by atoms with Gasteiger partial charge >= 0.3 is 11.9 Å². The van der Waals surface area contributed by atoms with Crippen LogP contribution in [0.3, 0.4) is 0 Å². The summed E-state index contributed by atoms with van der Waals surface area (Å²) in [6.07, 6.45) is 10.1. The van der Waals surface area contributed by atoms with E-state index in [1.807, 2.05) is 37.3 Å². The Labute approximate surface area is 212 Å². The maximum Gasteiger partial charge on any atom is 0.306 e. The highest BCUT2D eigenvalue weighted by Gasteiger charge is 2.31. The molecule has 1 aromatic rings. The van der Waals surface area contributed by atoms with Gasteiger partial charge in [0.15, 0.2) is 0 Å². The number of carbonyl (C=O) groups is 2. The van der Waals surface area contributed by atoms with Crippen LogP contribution in [0.5, 0.6) is 0 Å². The summed E-state index contributed by atoms with van der Waals surface area (Å²) in [5.74, 6) is 2.08. The third-order valence-corrected chi connectivity index (χ3v) is 7.91. The Morgan fingerprint density at radius 2 is 1.20 bits per heavy atom. The number of hydrogen-bond acceptors (Lipinski definition) is 5. The molecular formula is C30H46O5. The highest BCUT2D eigenvalue weighted by atomic mass is 16.6. The Balaban J connectivity index is 1.48. The van der Waals surface area contributed by atoms with Crippen LogP contribution in [-0.2, 0) is 30.4 Å². The number of hydrogen-bond donors (Lipinski definition) is 0. The van der Waals surface area contributed by atoms with Gasteiger partial charge in [0.2, 0.25) is 0 Å². The molecule has 0 heterocycles. The van der Waals surface area contributed by atoms with E-state index in [2.05, 4.69) is 13.8 Å². The molecule has 0 radical (unpaired) electrons. The van der Waals surface area contributed by atoms with Gasteiger partial charge in [-0.25, -0.2) is 0 Å². The molecule has 0 amide bonds. The number of benzene rings is 1. The van der Waals surface area contributed by atoms with E-state index in [1.54, 1.807) is 0 Å². The summed E-state index contributed by atoms with van der Waals surface area (Å²) in [4.78, 5) is 25.2.